The summed E-state index contributed by atoms with van der Waals surface area (Å²) >= 11 is 0. The molecule has 19 heavy (non-hydrogen) atoms. The number of unbranched alkanes of at least 4 members (excludes halogenated alkanes) is 2. The fraction of sp³-hybridized carbons (Fsp3) is 0.933. The van der Waals surface area contributed by atoms with Crippen LogP contribution in [0, 0.1) is 0 Å². The number of nitrogens with zero attached hydrogens (tertiary/aromatic N) is 3. The van der Waals surface area contributed by atoms with Crippen LogP contribution >= 0.6 is 0 Å². The Bertz CT molecular complexity index is 286. The molecular weight excluding hydrogens is 236 g/mol. The zero-order valence-electron chi connectivity index (χ0n) is 13.3. The molecule has 1 aliphatic rings. The van der Waals surface area contributed by atoms with E-state index in [1.54, 1.807) is 0 Å². The van der Waals surface area contributed by atoms with Crippen LogP contribution in [0.4, 0.5) is 0 Å². The van der Waals surface area contributed by atoms with Gasteiger partial charge in [-0.15, -0.1) is 0 Å². The first kappa shape index (κ1) is 16.3. The summed E-state index contributed by atoms with van der Waals surface area (Å²) in [5.74, 6) is 0.742. The summed E-state index contributed by atoms with van der Waals surface area (Å²) < 4.78 is 0. The lowest BCUT2D eigenvalue weighted by Crippen LogP contribution is -2.52. The van der Waals surface area contributed by atoms with E-state index in [2.05, 4.69) is 42.5 Å². The van der Waals surface area contributed by atoms with Crippen molar-refractivity contribution in [2.75, 3.05) is 32.7 Å². The Kier molecular flexibility index (Phi) is 6.63. The first-order chi connectivity index (χ1) is 9.07. The lowest BCUT2D eigenvalue weighted by Gasteiger charge is -2.37. The van der Waals surface area contributed by atoms with Crippen LogP contribution in [0.15, 0.2) is 4.99 Å². The molecule has 2 N–H and O–H groups in total. The van der Waals surface area contributed by atoms with Gasteiger partial charge in [-0.25, -0.2) is 0 Å². The maximum Gasteiger partial charge on any atom is 0.191 e. The smallest absolute Gasteiger partial charge is 0.191 e. The third kappa shape index (κ3) is 4.37. The average Bonchev–Trinajstić information content (AvgIpc) is 2.68. The fourth-order valence-corrected chi connectivity index (χ4v) is 2.83. The summed E-state index contributed by atoms with van der Waals surface area (Å²) in [5.41, 5.74) is 6.23. The molecule has 1 rings (SSSR count). The van der Waals surface area contributed by atoms with E-state index in [1.165, 1.54) is 25.7 Å². The number of guanidine groups is 1. The summed E-state index contributed by atoms with van der Waals surface area (Å²) in [6, 6.07) is 0. The Morgan fingerprint density at radius 1 is 1.26 bits per heavy atom. The summed E-state index contributed by atoms with van der Waals surface area (Å²) in [6.45, 7) is 14.1. The maximum atomic E-state index is 6.09. The Hall–Kier alpha value is -0.770. The van der Waals surface area contributed by atoms with Gasteiger partial charge in [0.25, 0.3) is 0 Å². The quantitative estimate of drug-likeness (QED) is 0.653. The van der Waals surface area contributed by atoms with Crippen LogP contribution in [0.25, 0.3) is 0 Å². The minimum atomic E-state index is 0.145. The van der Waals surface area contributed by atoms with E-state index in [4.69, 9.17) is 5.73 Å². The minimum Gasteiger partial charge on any atom is -0.370 e. The molecule has 1 heterocycles. The van der Waals surface area contributed by atoms with Crippen LogP contribution in [-0.2, 0) is 0 Å². The number of nitrogens with two attached hydrogens (primary N) is 1. The number of hydrogen-bond donors (Lipinski definition) is 1. The predicted octanol–water partition coefficient (Wildman–Crippen LogP) is 2.30. The number of rotatable bonds is 9. The Labute approximate surface area is 119 Å². The van der Waals surface area contributed by atoms with E-state index in [1.807, 2.05) is 0 Å². The molecule has 0 saturated carbocycles. The number of hydrogen-bond acceptors (Lipinski definition) is 4. The molecule has 1 aliphatic heterocycles. The lowest BCUT2D eigenvalue weighted by molar-refractivity contribution is 0.174. The molecule has 0 radical (unpaired) electrons. The van der Waals surface area contributed by atoms with Crippen molar-refractivity contribution in [1.29, 1.82) is 0 Å². The molecule has 1 atom stereocenters. The van der Waals surface area contributed by atoms with Crippen molar-refractivity contribution >= 4 is 5.96 Å². The molecule has 0 aliphatic carbocycles. The first-order valence-electron chi connectivity index (χ1n) is 7.87. The highest BCUT2D eigenvalue weighted by Gasteiger charge is 2.36. The molecule has 4 nitrogen and oxygen atoms in total. The van der Waals surface area contributed by atoms with Crippen molar-refractivity contribution in [2.24, 2.45) is 10.7 Å². The summed E-state index contributed by atoms with van der Waals surface area (Å²) in [6.07, 6.45) is 5.05. The second kappa shape index (κ2) is 7.73. The second-order valence-electron chi connectivity index (χ2n) is 5.81. The van der Waals surface area contributed by atoms with Crippen molar-refractivity contribution in [1.82, 2.24) is 9.80 Å². The Balaban J connectivity index is 2.53. The van der Waals surface area contributed by atoms with Crippen LogP contribution in [0.1, 0.15) is 53.4 Å². The standard InChI is InChI=1S/C15H32N4/c1-5-8-9-10-15(4)13-17-14(16)19(15)12-11-18(6-2)7-3/h5-13H2,1-4H3,(H2,16,17). The average molecular weight is 268 g/mol. The van der Waals surface area contributed by atoms with Crippen LogP contribution in [0.2, 0.25) is 0 Å². The molecular formula is C15H32N4. The van der Waals surface area contributed by atoms with Gasteiger partial charge in [0.2, 0.25) is 0 Å². The van der Waals surface area contributed by atoms with Gasteiger partial charge in [0.05, 0.1) is 12.1 Å². The number of likely N-dealkylation sites (N-methyl/N-ethyl adjacent to an activating group) is 1. The second-order valence-corrected chi connectivity index (χ2v) is 5.81. The molecule has 0 amide bonds. The van der Waals surface area contributed by atoms with Gasteiger partial charge in [-0.2, -0.15) is 0 Å². The van der Waals surface area contributed by atoms with E-state index in [0.717, 1.165) is 38.7 Å². The van der Waals surface area contributed by atoms with Gasteiger partial charge in [-0.05, 0) is 26.4 Å². The molecule has 1 unspecified atom stereocenters. The monoisotopic (exact) mass is 268 g/mol. The molecule has 0 fully saturated rings. The zero-order chi connectivity index (χ0) is 14.3. The van der Waals surface area contributed by atoms with Crippen LogP contribution < -0.4 is 5.73 Å². The van der Waals surface area contributed by atoms with Crippen molar-refractivity contribution < 1.29 is 0 Å². The number of aliphatic imine (C=N–C) groups is 1. The lowest BCUT2D eigenvalue weighted by atomic mass is 9.93. The third-order valence-corrected chi connectivity index (χ3v) is 4.36. The zero-order valence-corrected chi connectivity index (χ0v) is 13.3. The van der Waals surface area contributed by atoms with E-state index >= 15 is 0 Å². The van der Waals surface area contributed by atoms with Crippen molar-refractivity contribution in [3.8, 4) is 0 Å². The van der Waals surface area contributed by atoms with Crippen LogP contribution in [0.3, 0.4) is 0 Å². The highest BCUT2D eigenvalue weighted by molar-refractivity contribution is 5.80. The van der Waals surface area contributed by atoms with Gasteiger partial charge in [0.15, 0.2) is 5.96 Å². The van der Waals surface area contributed by atoms with Gasteiger partial charge in [0.1, 0.15) is 0 Å². The molecule has 0 aromatic carbocycles. The van der Waals surface area contributed by atoms with E-state index < -0.39 is 0 Å². The normalized spacial score (nSPS) is 23.2. The van der Waals surface area contributed by atoms with E-state index in [9.17, 15) is 0 Å². The van der Waals surface area contributed by atoms with Gasteiger partial charge < -0.3 is 15.5 Å². The summed E-state index contributed by atoms with van der Waals surface area (Å²) in [5, 5.41) is 0. The van der Waals surface area contributed by atoms with Crippen molar-refractivity contribution in [3.63, 3.8) is 0 Å². The third-order valence-electron chi connectivity index (χ3n) is 4.36. The first-order valence-corrected chi connectivity index (χ1v) is 7.87. The summed E-state index contributed by atoms with van der Waals surface area (Å²) in [4.78, 5) is 9.26. The van der Waals surface area contributed by atoms with Gasteiger partial charge >= 0.3 is 0 Å². The van der Waals surface area contributed by atoms with Crippen molar-refractivity contribution in [3.05, 3.63) is 0 Å². The maximum absolute atomic E-state index is 6.09. The molecule has 0 aromatic heterocycles. The SMILES string of the molecule is CCCCCC1(C)CN=C(N)N1CCN(CC)CC. The van der Waals surface area contributed by atoms with Gasteiger partial charge in [0, 0.05) is 13.1 Å². The summed E-state index contributed by atoms with van der Waals surface area (Å²) in [7, 11) is 0. The van der Waals surface area contributed by atoms with E-state index in [0.29, 0.717) is 0 Å². The Morgan fingerprint density at radius 2 is 1.95 bits per heavy atom. The molecule has 0 saturated heterocycles. The Morgan fingerprint density at radius 3 is 2.53 bits per heavy atom. The van der Waals surface area contributed by atoms with Crippen molar-refractivity contribution in [2.45, 2.75) is 58.9 Å². The molecule has 4 heteroatoms. The fourth-order valence-electron chi connectivity index (χ4n) is 2.83. The molecule has 0 spiro atoms. The predicted molar refractivity (Wildman–Crippen MR) is 83.5 cm³/mol. The van der Waals surface area contributed by atoms with Gasteiger partial charge in [-0.1, -0.05) is 40.0 Å². The highest BCUT2D eigenvalue weighted by Crippen LogP contribution is 2.27. The molecule has 112 valence electrons. The molecule has 0 bridgehead atoms. The topological polar surface area (TPSA) is 44.9 Å². The highest BCUT2D eigenvalue weighted by atomic mass is 15.4. The van der Waals surface area contributed by atoms with E-state index in [-0.39, 0.29) is 5.54 Å². The largest absolute Gasteiger partial charge is 0.370 e. The molecule has 0 aromatic rings. The minimum absolute atomic E-state index is 0.145. The van der Waals surface area contributed by atoms with Crippen LogP contribution in [-0.4, -0.2) is 54.0 Å². The van der Waals surface area contributed by atoms with Gasteiger partial charge in [-0.3, -0.25) is 4.99 Å². The van der Waals surface area contributed by atoms with Crippen LogP contribution in [0.5, 0.6) is 0 Å².